The van der Waals surface area contributed by atoms with Crippen molar-refractivity contribution in [3.63, 3.8) is 0 Å². The minimum absolute atomic E-state index is 0. The normalized spacial score (nSPS) is 23.2. The lowest BCUT2D eigenvalue weighted by molar-refractivity contribution is 0.111. The molecule has 0 atom stereocenters. The van der Waals surface area contributed by atoms with Crippen molar-refractivity contribution in [3.8, 4) is 0 Å². The van der Waals surface area contributed by atoms with Crippen LogP contribution in [0.2, 0.25) is 0 Å². The summed E-state index contributed by atoms with van der Waals surface area (Å²) in [4.78, 5) is 5.33. The number of nitrogens with one attached hydrogen (secondary N) is 1. The van der Waals surface area contributed by atoms with Crippen LogP contribution in [-0.2, 0) is 19.6 Å². The highest BCUT2D eigenvalue weighted by Gasteiger charge is 2.26. The number of hydrogen-bond acceptors (Lipinski definition) is 5. The van der Waals surface area contributed by atoms with Crippen molar-refractivity contribution in [2.24, 2.45) is 0 Å². The largest absolute Gasteiger partial charge is 0.309 e. The molecule has 8 heteroatoms. The lowest BCUT2D eigenvalue weighted by Crippen LogP contribution is -2.47. The molecule has 3 aliphatic heterocycles. The number of likely N-dealkylation sites (tertiary alicyclic amines) is 1. The van der Waals surface area contributed by atoms with Gasteiger partial charge >= 0.3 is 0 Å². The summed E-state index contributed by atoms with van der Waals surface area (Å²) in [5.74, 6) is 2.66. The first-order valence-electron chi connectivity index (χ1n) is 8.69. The molecular formula is C16H29Cl2N5S. The maximum atomic E-state index is 4.78. The topological polar surface area (TPSA) is 36.3 Å². The Labute approximate surface area is 161 Å². The Bertz CT molecular complexity index is 475. The number of rotatable bonds is 3. The molecule has 5 nitrogen and oxygen atoms in total. The first kappa shape index (κ1) is 20.3. The molecule has 24 heavy (non-hydrogen) atoms. The Morgan fingerprint density at radius 3 is 2.54 bits per heavy atom. The highest BCUT2D eigenvalue weighted by Crippen LogP contribution is 2.21. The van der Waals surface area contributed by atoms with Gasteiger partial charge < -0.3 is 5.32 Å². The van der Waals surface area contributed by atoms with E-state index in [-0.39, 0.29) is 24.8 Å². The molecule has 0 unspecified atom stereocenters. The summed E-state index contributed by atoms with van der Waals surface area (Å²) in [6.45, 7) is 9.14. The van der Waals surface area contributed by atoms with Crippen LogP contribution in [0.4, 0.5) is 0 Å². The van der Waals surface area contributed by atoms with Gasteiger partial charge in [0.2, 0.25) is 0 Å². The second kappa shape index (κ2) is 9.64. The molecule has 2 fully saturated rings. The first-order valence-corrected chi connectivity index (χ1v) is 9.84. The predicted molar refractivity (Wildman–Crippen MR) is 106 cm³/mol. The lowest BCUT2D eigenvalue weighted by Gasteiger charge is -2.39. The smallest absolute Gasteiger partial charge is 0.0768 e. The van der Waals surface area contributed by atoms with Gasteiger partial charge in [-0.1, -0.05) is 0 Å². The SMILES string of the molecule is Cl.Cl.c1c(CN2CCC(N3CCSCC3)CC2)nn2c1CNCC2. The van der Waals surface area contributed by atoms with E-state index in [0.29, 0.717) is 0 Å². The summed E-state index contributed by atoms with van der Waals surface area (Å²) >= 11 is 2.11. The highest BCUT2D eigenvalue weighted by molar-refractivity contribution is 7.99. The fourth-order valence-corrected chi connectivity index (χ4v) is 4.88. The van der Waals surface area contributed by atoms with E-state index in [0.717, 1.165) is 32.2 Å². The Morgan fingerprint density at radius 2 is 1.83 bits per heavy atom. The van der Waals surface area contributed by atoms with Gasteiger partial charge in [0.05, 0.1) is 17.9 Å². The molecule has 0 aliphatic carbocycles. The Balaban J connectivity index is 0.00000104. The molecule has 1 aromatic heterocycles. The highest BCUT2D eigenvalue weighted by atomic mass is 35.5. The van der Waals surface area contributed by atoms with E-state index in [2.05, 4.69) is 37.6 Å². The second-order valence-electron chi connectivity index (χ2n) is 6.68. The number of nitrogens with zero attached hydrogens (tertiary/aromatic N) is 4. The van der Waals surface area contributed by atoms with Crippen molar-refractivity contribution in [3.05, 3.63) is 17.5 Å². The molecular weight excluding hydrogens is 365 g/mol. The fraction of sp³-hybridized carbons (Fsp3) is 0.812. The van der Waals surface area contributed by atoms with Gasteiger partial charge in [0.1, 0.15) is 0 Å². The van der Waals surface area contributed by atoms with Crippen LogP contribution in [0.15, 0.2) is 6.07 Å². The zero-order chi connectivity index (χ0) is 14.8. The third kappa shape index (κ3) is 4.80. The van der Waals surface area contributed by atoms with E-state index >= 15 is 0 Å². The van der Waals surface area contributed by atoms with Gasteiger partial charge in [-0.15, -0.1) is 24.8 Å². The summed E-state index contributed by atoms with van der Waals surface area (Å²) in [5.41, 5.74) is 2.61. The average Bonchev–Trinajstić information content (AvgIpc) is 2.98. The lowest BCUT2D eigenvalue weighted by atomic mass is 10.0. The van der Waals surface area contributed by atoms with Crippen LogP contribution in [0.5, 0.6) is 0 Å². The minimum atomic E-state index is 0. The summed E-state index contributed by atoms with van der Waals surface area (Å²) in [6.07, 6.45) is 2.67. The quantitative estimate of drug-likeness (QED) is 0.847. The number of aromatic nitrogens is 2. The molecule has 0 spiro atoms. The van der Waals surface area contributed by atoms with Gasteiger partial charge in [0, 0.05) is 63.4 Å². The summed E-state index contributed by atoms with van der Waals surface area (Å²) in [5, 5.41) is 8.19. The summed E-state index contributed by atoms with van der Waals surface area (Å²) in [7, 11) is 0. The van der Waals surface area contributed by atoms with Crippen LogP contribution >= 0.6 is 36.6 Å². The Kier molecular flexibility index (Phi) is 8.17. The van der Waals surface area contributed by atoms with Crippen molar-refractivity contribution in [2.75, 3.05) is 44.2 Å². The van der Waals surface area contributed by atoms with Crippen molar-refractivity contribution in [2.45, 2.75) is 38.5 Å². The van der Waals surface area contributed by atoms with E-state index in [4.69, 9.17) is 5.10 Å². The van der Waals surface area contributed by atoms with Crippen molar-refractivity contribution in [1.29, 1.82) is 0 Å². The van der Waals surface area contributed by atoms with Gasteiger partial charge in [-0.05, 0) is 18.9 Å². The number of hydrogen-bond donors (Lipinski definition) is 1. The standard InChI is InChI=1S/C16H27N5S.2ClH/c1-4-19(5-2-15(1)20-7-9-22-10-8-20)13-14-11-16-12-17-3-6-21(16)18-14;;/h11,15,17H,1-10,12-13H2;2*1H. The van der Waals surface area contributed by atoms with E-state index in [1.165, 1.54) is 61.9 Å². The van der Waals surface area contributed by atoms with Gasteiger partial charge in [0.15, 0.2) is 0 Å². The predicted octanol–water partition coefficient (Wildman–Crippen LogP) is 1.84. The van der Waals surface area contributed by atoms with Crippen LogP contribution in [-0.4, -0.2) is 69.9 Å². The number of thioether (sulfide) groups is 1. The number of piperidine rings is 1. The molecule has 1 N–H and O–H groups in total. The molecule has 4 rings (SSSR count). The van der Waals surface area contributed by atoms with Crippen LogP contribution < -0.4 is 5.32 Å². The van der Waals surface area contributed by atoms with E-state index in [1.807, 2.05) is 0 Å². The molecule has 0 aromatic carbocycles. The summed E-state index contributed by atoms with van der Waals surface area (Å²) < 4.78 is 2.18. The minimum Gasteiger partial charge on any atom is -0.309 e. The molecule has 4 heterocycles. The van der Waals surface area contributed by atoms with Gasteiger partial charge in [-0.3, -0.25) is 14.5 Å². The van der Waals surface area contributed by atoms with Gasteiger partial charge in [0.25, 0.3) is 0 Å². The molecule has 138 valence electrons. The number of halogens is 2. The van der Waals surface area contributed by atoms with Crippen molar-refractivity contribution < 1.29 is 0 Å². The average molecular weight is 394 g/mol. The van der Waals surface area contributed by atoms with E-state index in [9.17, 15) is 0 Å². The third-order valence-electron chi connectivity index (χ3n) is 5.23. The van der Waals surface area contributed by atoms with E-state index < -0.39 is 0 Å². The zero-order valence-corrected chi connectivity index (χ0v) is 16.6. The van der Waals surface area contributed by atoms with E-state index in [1.54, 1.807) is 0 Å². The first-order chi connectivity index (χ1) is 10.9. The monoisotopic (exact) mass is 393 g/mol. The molecule has 0 radical (unpaired) electrons. The fourth-order valence-electron chi connectivity index (χ4n) is 3.94. The Hall–Kier alpha value is 0.0200. The Morgan fingerprint density at radius 1 is 1.08 bits per heavy atom. The van der Waals surface area contributed by atoms with Crippen LogP contribution in [0.25, 0.3) is 0 Å². The molecule has 2 saturated heterocycles. The van der Waals surface area contributed by atoms with Crippen LogP contribution in [0.1, 0.15) is 24.2 Å². The molecule has 0 amide bonds. The molecule has 0 saturated carbocycles. The number of fused-ring (bicyclic) bond motifs is 1. The van der Waals surface area contributed by atoms with Crippen LogP contribution in [0, 0.1) is 0 Å². The summed E-state index contributed by atoms with van der Waals surface area (Å²) in [6, 6.07) is 3.12. The second-order valence-corrected chi connectivity index (χ2v) is 7.91. The molecule has 0 bridgehead atoms. The zero-order valence-electron chi connectivity index (χ0n) is 14.2. The molecule has 1 aromatic rings. The van der Waals surface area contributed by atoms with Crippen LogP contribution in [0.3, 0.4) is 0 Å². The van der Waals surface area contributed by atoms with Crippen molar-refractivity contribution >= 4 is 36.6 Å². The maximum Gasteiger partial charge on any atom is 0.0768 e. The molecule has 3 aliphatic rings. The van der Waals surface area contributed by atoms with Crippen molar-refractivity contribution in [1.82, 2.24) is 24.9 Å². The maximum absolute atomic E-state index is 4.78. The van der Waals surface area contributed by atoms with Gasteiger partial charge in [-0.2, -0.15) is 16.9 Å². The van der Waals surface area contributed by atoms with Gasteiger partial charge in [-0.25, -0.2) is 0 Å². The third-order valence-corrected chi connectivity index (χ3v) is 6.17.